The molecule has 1 aliphatic heterocycles. The van der Waals surface area contributed by atoms with Crippen molar-refractivity contribution >= 4 is 22.7 Å². The number of anilines is 2. The highest BCUT2D eigenvalue weighted by molar-refractivity contribution is 5.76. The SMILES string of the molecule is CCn1c(=O)c2cnc(Nc3ccc4c(c3)CNCC4)nc2n1-c1nc(C2(C)CC2)co1. The molecule has 0 radical (unpaired) electrons. The van der Waals surface area contributed by atoms with Crippen molar-refractivity contribution in [3.63, 3.8) is 0 Å². The Kier molecular flexibility index (Phi) is 4.23. The Hall–Kier alpha value is -3.46. The Morgan fingerprint density at radius 3 is 2.94 bits per heavy atom. The first-order chi connectivity index (χ1) is 15.6. The summed E-state index contributed by atoms with van der Waals surface area (Å²) >= 11 is 0. The summed E-state index contributed by atoms with van der Waals surface area (Å²) in [7, 11) is 0. The van der Waals surface area contributed by atoms with Crippen LogP contribution >= 0.6 is 0 Å². The van der Waals surface area contributed by atoms with E-state index in [0.717, 1.165) is 43.7 Å². The zero-order valence-corrected chi connectivity index (χ0v) is 18.2. The van der Waals surface area contributed by atoms with Gasteiger partial charge in [0.25, 0.3) is 5.56 Å². The molecular formula is C23H25N7O2. The average Bonchev–Trinajstić information content (AvgIpc) is 3.26. The van der Waals surface area contributed by atoms with Gasteiger partial charge in [0.05, 0.1) is 5.69 Å². The number of rotatable bonds is 5. The van der Waals surface area contributed by atoms with Gasteiger partial charge in [-0.05, 0) is 56.0 Å². The molecule has 0 amide bonds. The zero-order valence-electron chi connectivity index (χ0n) is 18.2. The lowest BCUT2D eigenvalue weighted by molar-refractivity contribution is 0.460. The molecule has 0 spiro atoms. The number of hydrogen-bond acceptors (Lipinski definition) is 7. The molecule has 4 heterocycles. The van der Waals surface area contributed by atoms with Crippen molar-refractivity contribution in [1.29, 1.82) is 0 Å². The summed E-state index contributed by atoms with van der Waals surface area (Å²) in [5.74, 6) is 0.421. The van der Waals surface area contributed by atoms with E-state index >= 15 is 0 Å². The largest absolute Gasteiger partial charge is 0.430 e. The molecule has 32 heavy (non-hydrogen) atoms. The molecule has 164 valence electrons. The number of aromatic nitrogens is 5. The maximum absolute atomic E-state index is 13.0. The lowest BCUT2D eigenvalue weighted by Crippen LogP contribution is -2.23. The van der Waals surface area contributed by atoms with Crippen LogP contribution in [0.2, 0.25) is 0 Å². The monoisotopic (exact) mass is 431 g/mol. The minimum Gasteiger partial charge on any atom is -0.430 e. The van der Waals surface area contributed by atoms with Crippen LogP contribution in [-0.4, -0.2) is 30.9 Å². The fourth-order valence-electron chi connectivity index (χ4n) is 4.34. The van der Waals surface area contributed by atoms with Crippen LogP contribution in [-0.2, 0) is 24.9 Å². The van der Waals surface area contributed by atoms with Gasteiger partial charge >= 0.3 is 6.01 Å². The van der Waals surface area contributed by atoms with E-state index < -0.39 is 0 Å². The first-order valence-corrected chi connectivity index (χ1v) is 11.1. The van der Waals surface area contributed by atoms with E-state index in [1.807, 2.05) is 13.0 Å². The first-order valence-electron chi connectivity index (χ1n) is 11.1. The summed E-state index contributed by atoms with van der Waals surface area (Å²) < 4.78 is 9.05. The summed E-state index contributed by atoms with van der Waals surface area (Å²) in [5, 5.41) is 7.12. The molecule has 1 saturated carbocycles. The second-order valence-corrected chi connectivity index (χ2v) is 8.87. The number of oxazole rings is 1. The third kappa shape index (κ3) is 3.03. The molecule has 9 nitrogen and oxygen atoms in total. The van der Waals surface area contributed by atoms with E-state index in [4.69, 9.17) is 9.40 Å². The number of benzene rings is 1. The van der Waals surface area contributed by atoms with Crippen molar-refractivity contribution in [2.75, 3.05) is 11.9 Å². The van der Waals surface area contributed by atoms with Crippen molar-refractivity contribution in [3.8, 4) is 6.01 Å². The van der Waals surface area contributed by atoms with E-state index in [-0.39, 0.29) is 11.0 Å². The summed E-state index contributed by atoms with van der Waals surface area (Å²) in [5.41, 5.74) is 4.86. The highest BCUT2D eigenvalue weighted by Gasteiger charge is 2.42. The van der Waals surface area contributed by atoms with Gasteiger partial charge in [0.2, 0.25) is 5.95 Å². The smallest absolute Gasteiger partial charge is 0.323 e. The van der Waals surface area contributed by atoms with E-state index in [9.17, 15) is 4.79 Å². The third-order valence-corrected chi connectivity index (χ3v) is 6.62. The summed E-state index contributed by atoms with van der Waals surface area (Å²) in [6, 6.07) is 6.66. The highest BCUT2D eigenvalue weighted by atomic mass is 16.4. The minimum atomic E-state index is -0.161. The summed E-state index contributed by atoms with van der Waals surface area (Å²) in [4.78, 5) is 26.7. The molecule has 0 atom stereocenters. The summed E-state index contributed by atoms with van der Waals surface area (Å²) in [6.07, 6.45) is 6.49. The molecule has 4 aromatic rings. The predicted molar refractivity (Wildman–Crippen MR) is 121 cm³/mol. The molecule has 9 heteroatoms. The van der Waals surface area contributed by atoms with Crippen molar-refractivity contribution < 1.29 is 4.42 Å². The number of nitrogens with zero attached hydrogens (tertiary/aromatic N) is 5. The van der Waals surface area contributed by atoms with Crippen LogP contribution in [0.25, 0.3) is 17.0 Å². The zero-order chi connectivity index (χ0) is 21.9. The van der Waals surface area contributed by atoms with E-state index in [1.54, 1.807) is 21.8 Å². The van der Waals surface area contributed by atoms with Crippen LogP contribution in [0.5, 0.6) is 0 Å². The van der Waals surface area contributed by atoms with Gasteiger partial charge in [0, 0.05) is 30.4 Å². The predicted octanol–water partition coefficient (Wildman–Crippen LogP) is 3.03. The molecule has 1 fully saturated rings. The topological polar surface area (TPSA) is 103 Å². The maximum Gasteiger partial charge on any atom is 0.323 e. The van der Waals surface area contributed by atoms with Gasteiger partial charge in [-0.3, -0.25) is 4.79 Å². The normalized spacial score (nSPS) is 16.8. The van der Waals surface area contributed by atoms with E-state index in [1.165, 1.54) is 11.1 Å². The Morgan fingerprint density at radius 1 is 1.25 bits per heavy atom. The van der Waals surface area contributed by atoms with Gasteiger partial charge in [0.15, 0.2) is 5.65 Å². The second-order valence-electron chi connectivity index (χ2n) is 8.87. The standard InChI is InChI=1S/C23H25N7O2/c1-3-29-20(31)17-12-25-21(26-16-5-4-14-6-9-24-11-15(14)10-16)28-19(17)30(29)22-27-18(13-32-22)23(2)7-8-23/h4-5,10,12-13,24H,3,6-9,11H2,1-2H3,(H,25,26,28). The van der Waals surface area contributed by atoms with Crippen LogP contribution in [0.15, 0.2) is 39.9 Å². The van der Waals surface area contributed by atoms with Crippen LogP contribution in [0.3, 0.4) is 0 Å². The van der Waals surface area contributed by atoms with Gasteiger partial charge in [0.1, 0.15) is 11.6 Å². The number of nitrogens with one attached hydrogen (secondary N) is 2. The maximum atomic E-state index is 13.0. The first kappa shape index (κ1) is 19.2. The molecular weight excluding hydrogens is 406 g/mol. The molecule has 3 aromatic heterocycles. The minimum absolute atomic E-state index is 0.0745. The fraction of sp³-hybridized carbons (Fsp3) is 0.391. The van der Waals surface area contributed by atoms with Crippen LogP contribution < -0.4 is 16.2 Å². The Morgan fingerprint density at radius 2 is 2.12 bits per heavy atom. The van der Waals surface area contributed by atoms with E-state index in [0.29, 0.717) is 29.5 Å². The number of hydrogen-bond donors (Lipinski definition) is 2. The molecule has 0 saturated heterocycles. The van der Waals surface area contributed by atoms with Gasteiger partial charge in [-0.25, -0.2) is 9.67 Å². The molecule has 0 bridgehead atoms. The summed E-state index contributed by atoms with van der Waals surface area (Å²) in [6.45, 7) is 6.41. The molecule has 2 aliphatic rings. The quantitative estimate of drug-likeness (QED) is 0.501. The van der Waals surface area contributed by atoms with Crippen LogP contribution in [0.4, 0.5) is 11.6 Å². The average molecular weight is 432 g/mol. The van der Waals surface area contributed by atoms with Gasteiger partial charge in [-0.1, -0.05) is 13.0 Å². The molecule has 6 rings (SSSR count). The van der Waals surface area contributed by atoms with Gasteiger partial charge in [-0.15, -0.1) is 0 Å². The molecule has 2 N–H and O–H groups in total. The van der Waals surface area contributed by atoms with Crippen molar-refractivity contribution in [2.45, 2.75) is 51.6 Å². The lowest BCUT2D eigenvalue weighted by Gasteiger charge is -2.18. The lowest BCUT2D eigenvalue weighted by atomic mass is 10.0. The van der Waals surface area contributed by atoms with Crippen LogP contribution in [0, 0.1) is 0 Å². The van der Waals surface area contributed by atoms with Crippen molar-refractivity contribution in [3.05, 3.63) is 57.8 Å². The second kappa shape index (κ2) is 7.03. The molecule has 1 aromatic carbocycles. The van der Waals surface area contributed by atoms with Gasteiger partial charge < -0.3 is 15.1 Å². The van der Waals surface area contributed by atoms with Crippen LogP contribution in [0.1, 0.15) is 43.5 Å². The Balaban J connectivity index is 1.42. The van der Waals surface area contributed by atoms with Crippen molar-refractivity contribution in [2.24, 2.45) is 0 Å². The number of fused-ring (bicyclic) bond motifs is 2. The fourth-order valence-corrected chi connectivity index (χ4v) is 4.34. The Labute approximate surface area is 184 Å². The van der Waals surface area contributed by atoms with E-state index in [2.05, 4.69) is 39.7 Å². The van der Waals surface area contributed by atoms with Crippen molar-refractivity contribution in [1.82, 2.24) is 29.6 Å². The molecule has 0 unspecified atom stereocenters. The third-order valence-electron chi connectivity index (χ3n) is 6.62. The van der Waals surface area contributed by atoms with Gasteiger partial charge in [-0.2, -0.15) is 14.6 Å². The Bertz CT molecular complexity index is 1390. The highest BCUT2D eigenvalue weighted by Crippen LogP contribution is 2.47. The molecule has 1 aliphatic carbocycles.